The molecule has 0 aromatic heterocycles. The first kappa shape index (κ1) is 11.9. The van der Waals surface area contributed by atoms with Gasteiger partial charge in [-0.05, 0) is 25.5 Å². The largest absolute Gasteiger partial charge is 0.345 e. The minimum atomic E-state index is -0.828. The summed E-state index contributed by atoms with van der Waals surface area (Å²) >= 11 is 0. The topological polar surface area (TPSA) is 29.6 Å². The van der Waals surface area contributed by atoms with E-state index in [-0.39, 0.29) is 11.9 Å². The Morgan fingerprint density at radius 2 is 2.12 bits per heavy atom. The van der Waals surface area contributed by atoms with Crippen LogP contribution in [0.25, 0.3) is 0 Å². The lowest BCUT2D eigenvalue weighted by molar-refractivity contribution is -0.120. The fraction of sp³-hybridized carbons (Fsp3) is 0.400. The van der Waals surface area contributed by atoms with Crippen molar-refractivity contribution >= 4 is 5.78 Å². The van der Waals surface area contributed by atoms with Gasteiger partial charge in [-0.15, -0.1) is 0 Å². The third kappa shape index (κ3) is 2.40. The molecule has 1 aliphatic rings. The van der Waals surface area contributed by atoms with Crippen LogP contribution < -0.4 is 0 Å². The summed E-state index contributed by atoms with van der Waals surface area (Å²) in [6, 6.07) is 9.67. The zero-order chi connectivity index (χ0) is 12.3. The van der Waals surface area contributed by atoms with Gasteiger partial charge < -0.3 is 4.74 Å². The van der Waals surface area contributed by atoms with Crippen LogP contribution in [0.3, 0.4) is 0 Å². The number of hydrogen-bond donors (Lipinski definition) is 0. The highest BCUT2D eigenvalue weighted by atomic mass is 16.6. The third-order valence-corrected chi connectivity index (χ3v) is 2.96. The van der Waals surface area contributed by atoms with Gasteiger partial charge in [0.15, 0.2) is 5.78 Å². The lowest BCUT2D eigenvalue weighted by Gasteiger charge is -1.98. The van der Waals surface area contributed by atoms with Crippen LogP contribution in [-0.4, -0.2) is 17.5 Å². The van der Waals surface area contributed by atoms with E-state index in [0.29, 0.717) is 0 Å². The Labute approximate surface area is 102 Å². The summed E-state index contributed by atoms with van der Waals surface area (Å²) < 4.78 is 5.51. The minimum absolute atomic E-state index is 0.0128. The van der Waals surface area contributed by atoms with E-state index < -0.39 is 5.60 Å². The van der Waals surface area contributed by atoms with Crippen molar-refractivity contribution in [1.29, 1.82) is 0 Å². The first-order valence-electron chi connectivity index (χ1n) is 5.96. The van der Waals surface area contributed by atoms with E-state index in [0.717, 1.165) is 18.4 Å². The van der Waals surface area contributed by atoms with Gasteiger partial charge in [0.1, 0.15) is 6.10 Å². The zero-order valence-electron chi connectivity index (χ0n) is 10.2. The number of benzene rings is 1. The van der Waals surface area contributed by atoms with Crippen LogP contribution in [0.5, 0.6) is 0 Å². The normalized spacial score (nSPS) is 25.9. The predicted octanol–water partition coefficient (Wildman–Crippen LogP) is 2.56. The summed E-state index contributed by atoms with van der Waals surface area (Å²) in [5.41, 5.74) is 0.0881. The highest BCUT2D eigenvalue weighted by Crippen LogP contribution is 2.40. The second kappa shape index (κ2) is 4.73. The number of Topliss-reactive ketones (excluding diaryl/α,β-unsaturated/α-hetero) is 1. The molecular formula is C15H16O2. The second-order valence-electron chi connectivity index (χ2n) is 4.30. The molecule has 1 aromatic carbocycles. The van der Waals surface area contributed by atoms with Crippen LogP contribution in [0.4, 0.5) is 0 Å². The first-order chi connectivity index (χ1) is 8.19. The fourth-order valence-electron chi connectivity index (χ4n) is 1.91. The van der Waals surface area contributed by atoms with Crippen molar-refractivity contribution in [3.63, 3.8) is 0 Å². The van der Waals surface area contributed by atoms with Gasteiger partial charge in [-0.2, -0.15) is 0 Å². The van der Waals surface area contributed by atoms with Gasteiger partial charge in [-0.1, -0.05) is 43.4 Å². The van der Waals surface area contributed by atoms with E-state index >= 15 is 0 Å². The Balaban J connectivity index is 2.17. The Bertz CT molecular complexity index is 467. The molecule has 2 atom stereocenters. The molecular weight excluding hydrogens is 212 g/mol. The summed E-state index contributed by atoms with van der Waals surface area (Å²) in [5.74, 6) is 6.03. The van der Waals surface area contributed by atoms with Gasteiger partial charge in [0.2, 0.25) is 5.60 Å². The smallest absolute Gasteiger partial charge is 0.213 e. The number of hydrogen-bond acceptors (Lipinski definition) is 2. The fourth-order valence-corrected chi connectivity index (χ4v) is 1.91. The summed E-state index contributed by atoms with van der Waals surface area (Å²) in [6.07, 6.45) is 1.89. The average Bonchev–Trinajstić information content (AvgIpc) is 3.03. The number of epoxide rings is 1. The molecule has 88 valence electrons. The Morgan fingerprint density at radius 3 is 2.71 bits per heavy atom. The van der Waals surface area contributed by atoms with E-state index in [1.165, 1.54) is 0 Å². The number of ether oxygens (including phenoxy) is 1. The maximum absolute atomic E-state index is 11.6. The molecule has 1 aromatic rings. The predicted molar refractivity (Wildman–Crippen MR) is 66.5 cm³/mol. The number of carbonyl (C=O) groups is 1. The molecule has 0 radical (unpaired) electrons. The van der Waals surface area contributed by atoms with Crippen molar-refractivity contribution in [2.45, 2.75) is 38.4 Å². The third-order valence-electron chi connectivity index (χ3n) is 2.96. The molecule has 1 unspecified atom stereocenters. The van der Waals surface area contributed by atoms with E-state index in [9.17, 15) is 4.79 Å². The lowest BCUT2D eigenvalue weighted by atomic mass is 9.98. The van der Waals surface area contributed by atoms with E-state index in [1.807, 2.05) is 30.3 Å². The van der Waals surface area contributed by atoms with E-state index in [2.05, 4.69) is 18.8 Å². The molecule has 1 aliphatic heterocycles. The van der Waals surface area contributed by atoms with Gasteiger partial charge >= 0.3 is 0 Å². The molecule has 1 heterocycles. The maximum Gasteiger partial charge on any atom is 0.213 e. The molecule has 0 spiro atoms. The van der Waals surface area contributed by atoms with Crippen LogP contribution in [0.2, 0.25) is 0 Å². The molecule has 2 nitrogen and oxygen atoms in total. The molecule has 0 saturated carbocycles. The summed E-state index contributed by atoms with van der Waals surface area (Å²) in [5, 5.41) is 0. The molecule has 0 N–H and O–H groups in total. The molecule has 17 heavy (non-hydrogen) atoms. The molecule has 0 bridgehead atoms. The highest BCUT2D eigenvalue weighted by Gasteiger charge is 2.58. The van der Waals surface area contributed by atoms with Gasteiger partial charge in [-0.25, -0.2) is 0 Å². The SMILES string of the molecule is CCCC1O[C@]1(C#Cc1ccccc1)C(C)=O. The summed E-state index contributed by atoms with van der Waals surface area (Å²) in [6.45, 7) is 3.63. The Kier molecular flexibility index (Phi) is 3.31. The van der Waals surface area contributed by atoms with Crippen molar-refractivity contribution in [2.24, 2.45) is 0 Å². The quantitative estimate of drug-likeness (QED) is 0.588. The molecule has 0 amide bonds. The highest BCUT2D eigenvalue weighted by molar-refractivity contribution is 5.92. The lowest BCUT2D eigenvalue weighted by Crippen LogP contribution is -2.22. The van der Waals surface area contributed by atoms with Crippen molar-refractivity contribution in [3.05, 3.63) is 35.9 Å². The first-order valence-corrected chi connectivity index (χ1v) is 5.96. The van der Waals surface area contributed by atoms with Crippen LogP contribution in [0.15, 0.2) is 30.3 Å². The summed E-state index contributed by atoms with van der Waals surface area (Å²) in [7, 11) is 0. The number of carbonyl (C=O) groups excluding carboxylic acids is 1. The van der Waals surface area contributed by atoms with Crippen LogP contribution >= 0.6 is 0 Å². The second-order valence-corrected chi connectivity index (χ2v) is 4.30. The van der Waals surface area contributed by atoms with Crippen molar-refractivity contribution < 1.29 is 9.53 Å². The Morgan fingerprint density at radius 1 is 1.41 bits per heavy atom. The summed E-state index contributed by atoms with van der Waals surface area (Å²) in [4.78, 5) is 11.6. The maximum atomic E-state index is 11.6. The van der Waals surface area contributed by atoms with Gasteiger partial charge in [0, 0.05) is 5.56 Å². The number of ketones is 1. The van der Waals surface area contributed by atoms with Crippen molar-refractivity contribution in [1.82, 2.24) is 0 Å². The van der Waals surface area contributed by atoms with Crippen molar-refractivity contribution in [2.75, 3.05) is 0 Å². The van der Waals surface area contributed by atoms with Gasteiger partial charge in [-0.3, -0.25) is 4.79 Å². The standard InChI is InChI=1S/C15H16O2/c1-3-7-14-15(17-14,12(2)16)11-10-13-8-5-4-6-9-13/h4-6,8-9,14H,3,7H2,1-2H3/t14?,15-/m1/s1. The van der Waals surface area contributed by atoms with Crippen LogP contribution in [0.1, 0.15) is 32.3 Å². The number of rotatable bonds is 3. The van der Waals surface area contributed by atoms with Gasteiger partial charge in [0.05, 0.1) is 0 Å². The van der Waals surface area contributed by atoms with Crippen LogP contribution in [0, 0.1) is 11.8 Å². The van der Waals surface area contributed by atoms with Crippen LogP contribution in [-0.2, 0) is 9.53 Å². The minimum Gasteiger partial charge on any atom is -0.345 e. The molecule has 0 aliphatic carbocycles. The monoisotopic (exact) mass is 228 g/mol. The Hall–Kier alpha value is -1.59. The molecule has 2 heteroatoms. The molecule has 2 rings (SSSR count). The molecule has 1 saturated heterocycles. The average molecular weight is 228 g/mol. The van der Waals surface area contributed by atoms with E-state index in [4.69, 9.17) is 4.74 Å². The molecule has 1 fully saturated rings. The van der Waals surface area contributed by atoms with E-state index in [1.54, 1.807) is 6.92 Å². The van der Waals surface area contributed by atoms with Gasteiger partial charge in [0.25, 0.3) is 0 Å². The zero-order valence-corrected chi connectivity index (χ0v) is 10.2. The van der Waals surface area contributed by atoms with Crippen molar-refractivity contribution in [3.8, 4) is 11.8 Å².